The average molecular weight is 207 g/mol. The summed E-state index contributed by atoms with van der Waals surface area (Å²) < 4.78 is 0. The second-order valence-corrected chi connectivity index (χ2v) is 3.98. The highest BCUT2D eigenvalue weighted by Crippen LogP contribution is 2.21. The summed E-state index contributed by atoms with van der Waals surface area (Å²) in [4.78, 5) is 11.0. The first-order chi connectivity index (χ1) is 7.16. The molecule has 1 aromatic carbocycles. The fraction of sp³-hybridized carbons (Fsp3) is 0.364. The molecule has 5 N–H and O–H groups in total. The summed E-state index contributed by atoms with van der Waals surface area (Å²) in [5, 5.41) is 11.2. The van der Waals surface area contributed by atoms with Gasteiger partial charge < -0.3 is 16.2 Å². The largest absolute Gasteiger partial charge is 0.508 e. The Bertz CT molecular complexity index is 361. The molecule has 1 fully saturated rings. The molecule has 0 unspecified atom stereocenters. The highest BCUT2D eigenvalue weighted by atomic mass is 16.3. The zero-order chi connectivity index (χ0) is 10.8. The van der Waals surface area contributed by atoms with E-state index < -0.39 is 0 Å². The summed E-state index contributed by atoms with van der Waals surface area (Å²) in [5.41, 5.74) is 6.39. The summed E-state index contributed by atoms with van der Waals surface area (Å²) in [6.45, 7) is 0. The summed E-state index contributed by atoms with van der Waals surface area (Å²) in [6, 6.07) is 7.31. The standard InChI is InChI=1S/C11H14N2O2/c12-11(15)10-6-5-9(13-10)7-1-3-8(14)4-2-7/h1-4,9-10,13-14H,5-6H2,(H2,12,15)/p+1/t9-,10+/m1/s1. The monoisotopic (exact) mass is 207 g/mol. The van der Waals surface area contributed by atoms with Crippen LogP contribution >= 0.6 is 0 Å². The van der Waals surface area contributed by atoms with E-state index in [0.717, 1.165) is 18.4 Å². The molecule has 1 aliphatic rings. The Morgan fingerprint density at radius 1 is 1.33 bits per heavy atom. The number of carbonyl (C=O) groups is 1. The Balaban J connectivity index is 2.07. The molecule has 1 aliphatic heterocycles. The second-order valence-electron chi connectivity index (χ2n) is 3.98. The number of aromatic hydroxyl groups is 1. The Morgan fingerprint density at radius 2 is 2.00 bits per heavy atom. The molecular weight excluding hydrogens is 192 g/mol. The number of primary amides is 1. The molecule has 1 amide bonds. The van der Waals surface area contributed by atoms with Gasteiger partial charge in [0.2, 0.25) is 0 Å². The van der Waals surface area contributed by atoms with Crippen molar-refractivity contribution in [1.29, 1.82) is 0 Å². The Hall–Kier alpha value is -1.55. The van der Waals surface area contributed by atoms with Gasteiger partial charge in [0.15, 0.2) is 6.04 Å². The number of nitrogens with two attached hydrogens (primary N) is 2. The number of phenolic OH excluding ortho intramolecular Hbond substituents is 1. The van der Waals surface area contributed by atoms with Crippen molar-refractivity contribution in [2.24, 2.45) is 5.73 Å². The zero-order valence-electron chi connectivity index (χ0n) is 8.39. The molecule has 0 bridgehead atoms. The molecule has 2 atom stereocenters. The molecule has 2 rings (SSSR count). The van der Waals surface area contributed by atoms with E-state index >= 15 is 0 Å². The van der Waals surface area contributed by atoms with Crippen LogP contribution in [0.4, 0.5) is 0 Å². The molecular formula is C11H15N2O2+. The number of carbonyl (C=O) groups excluding carboxylic acids is 1. The number of phenols is 1. The highest BCUT2D eigenvalue weighted by molar-refractivity contribution is 5.78. The first kappa shape index (κ1) is 9.98. The minimum atomic E-state index is -0.240. The Kier molecular flexibility index (Phi) is 2.60. The molecule has 1 saturated heterocycles. The van der Waals surface area contributed by atoms with E-state index in [2.05, 4.69) is 0 Å². The van der Waals surface area contributed by atoms with Crippen LogP contribution in [0.15, 0.2) is 24.3 Å². The molecule has 15 heavy (non-hydrogen) atoms. The zero-order valence-corrected chi connectivity index (χ0v) is 8.39. The van der Waals surface area contributed by atoms with Crippen molar-refractivity contribution in [1.82, 2.24) is 0 Å². The van der Waals surface area contributed by atoms with Crippen LogP contribution in [-0.4, -0.2) is 17.1 Å². The lowest BCUT2D eigenvalue weighted by Gasteiger charge is -2.09. The molecule has 1 heterocycles. The van der Waals surface area contributed by atoms with Crippen LogP contribution in [0.2, 0.25) is 0 Å². The predicted octanol–water partition coefficient (Wildman–Crippen LogP) is -0.356. The Labute approximate surface area is 88.1 Å². The van der Waals surface area contributed by atoms with E-state index in [1.54, 1.807) is 12.1 Å². The van der Waals surface area contributed by atoms with Gasteiger partial charge in [-0.1, -0.05) is 0 Å². The maximum Gasteiger partial charge on any atom is 0.275 e. The van der Waals surface area contributed by atoms with Crippen LogP contribution < -0.4 is 11.1 Å². The van der Waals surface area contributed by atoms with E-state index in [4.69, 9.17) is 10.8 Å². The number of rotatable bonds is 2. The van der Waals surface area contributed by atoms with Crippen LogP contribution in [0.3, 0.4) is 0 Å². The van der Waals surface area contributed by atoms with Gasteiger partial charge in [-0.25, -0.2) is 0 Å². The summed E-state index contributed by atoms with van der Waals surface area (Å²) in [6.07, 6.45) is 1.79. The molecule has 4 nitrogen and oxygen atoms in total. The van der Waals surface area contributed by atoms with Crippen molar-refractivity contribution in [2.75, 3.05) is 0 Å². The van der Waals surface area contributed by atoms with Crippen molar-refractivity contribution >= 4 is 5.91 Å². The van der Waals surface area contributed by atoms with E-state index in [0.29, 0.717) is 6.04 Å². The molecule has 0 aliphatic carbocycles. The minimum Gasteiger partial charge on any atom is -0.508 e. The third-order valence-corrected chi connectivity index (χ3v) is 2.94. The summed E-state index contributed by atoms with van der Waals surface area (Å²) >= 11 is 0. The van der Waals surface area contributed by atoms with Gasteiger partial charge in [0.05, 0.1) is 0 Å². The number of quaternary nitrogens is 1. The third-order valence-electron chi connectivity index (χ3n) is 2.94. The normalized spacial score (nSPS) is 25.3. The van der Waals surface area contributed by atoms with Gasteiger partial charge in [-0.3, -0.25) is 4.79 Å². The van der Waals surface area contributed by atoms with Gasteiger partial charge in [0.25, 0.3) is 5.91 Å². The van der Waals surface area contributed by atoms with E-state index in [1.165, 1.54) is 0 Å². The average Bonchev–Trinajstić information content (AvgIpc) is 2.68. The number of hydrogen-bond acceptors (Lipinski definition) is 2. The van der Waals surface area contributed by atoms with Crippen molar-refractivity contribution in [3.05, 3.63) is 29.8 Å². The maximum absolute atomic E-state index is 11.0. The van der Waals surface area contributed by atoms with Crippen LogP contribution in [0, 0.1) is 0 Å². The lowest BCUT2D eigenvalue weighted by atomic mass is 10.1. The smallest absolute Gasteiger partial charge is 0.275 e. The van der Waals surface area contributed by atoms with Crippen molar-refractivity contribution in [2.45, 2.75) is 24.9 Å². The third kappa shape index (κ3) is 2.10. The molecule has 0 saturated carbocycles. The fourth-order valence-electron chi connectivity index (χ4n) is 2.07. The van der Waals surface area contributed by atoms with Gasteiger partial charge in [-0.2, -0.15) is 0 Å². The van der Waals surface area contributed by atoms with Crippen molar-refractivity contribution < 1.29 is 15.2 Å². The van der Waals surface area contributed by atoms with Gasteiger partial charge in [-0.05, 0) is 24.3 Å². The summed E-state index contributed by atoms with van der Waals surface area (Å²) in [5.74, 6) is 0.0273. The number of amides is 1. The van der Waals surface area contributed by atoms with Crippen molar-refractivity contribution in [3.63, 3.8) is 0 Å². The molecule has 0 aromatic heterocycles. The first-order valence-electron chi connectivity index (χ1n) is 5.10. The molecule has 0 spiro atoms. The minimum absolute atomic E-state index is 0.0937. The summed E-state index contributed by atoms with van der Waals surface area (Å²) in [7, 11) is 0. The highest BCUT2D eigenvalue weighted by Gasteiger charge is 2.32. The van der Waals surface area contributed by atoms with E-state index in [1.807, 2.05) is 17.4 Å². The number of benzene rings is 1. The van der Waals surface area contributed by atoms with Gasteiger partial charge in [0.1, 0.15) is 11.8 Å². The van der Waals surface area contributed by atoms with Crippen molar-refractivity contribution in [3.8, 4) is 5.75 Å². The van der Waals surface area contributed by atoms with Crippen LogP contribution in [-0.2, 0) is 4.79 Å². The van der Waals surface area contributed by atoms with Crippen LogP contribution in [0.1, 0.15) is 24.4 Å². The number of hydrogen-bond donors (Lipinski definition) is 3. The quantitative estimate of drug-likeness (QED) is 0.619. The lowest BCUT2D eigenvalue weighted by molar-refractivity contribution is -0.695. The molecule has 80 valence electrons. The first-order valence-corrected chi connectivity index (χ1v) is 5.10. The lowest BCUT2D eigenvalue weighted by Crippen LogP contribution is -2.89. The van der Waals surface area contributed by atoms with E-state index in [-0.39, 0.29) is 17.7 Å². The van der Waals surface area contributed by atoms with Gasteiger partial charge >= 0.3 is 0 Å². The topological polar surface area (TPSA) is 79.9 Å². The fourth-order valence-corrected chi connectivity index (χ4v) is 2.07. The van der Waals surface area contributed by atoms with Gasteiger partial charge in [0, 0.05) is 18.4 Å². The molecule has 4 heteroatoms. The van der Waals surface area contributed by atoms with Crippen LogP contribution in [0.5, 0.6) is 5.75 Å². The van der Waals surface area contributed by atoms with E-state index in [9.17, 15) is 4.79 Å². The second kappa shape index (κ2) is 3.90. The molecule has 0 radical (unpaired) electrons. The van der Waals surface area contributed by atoms with Crippen LogP contribution in [0.25, 0.3) is 0 Å². The molecule has 1 aromatic rings. The Morgan fingerprint density at radius 3 is 2.53 bits per heavy atom. The predicted molar refractivity (Wildman–Crippen MR) is 55.0 cm³/mol. The maximum atomic E-state index is 11.0. The SMILES string of the molecule is NC(=O)[C@@H]1CC[C@H](c2ccc(O)cc2)[NH2+]1. The van der Waals surface area contributed by atoms with Gasteiger partial charge in [-0.15, -0.1) is 0 Å².